The summed E-state index contributed by atoms with van der Waals surface area (Å²) in [7, 11) is 1.56. The van der Waals surface area contributed by atoms with Gasteiger partial charge in [0.15, 0.2) is 0 Å². The van der Waals surface area contributed by atoms with Gasteiger partial charge in [0.05, 0.1) is 11.7 Å². The van der Waals surface area contributed by atoms with Crippen molar-refractivity contribution in [1.82, 2.24) is 20.5 Å². The lowest BCUT2D eigenvalue weighted by atomic mass is 9.94. The molecule has 3 N–H and O–H groups in total. The largest absolute Gasteiger partial charge is 0.508 e. The van der Waals surface area contributed by atoms with Gasteiger partial charge in [-0.25, -0.2) is 4.98 Å². The molecule has 0 spiro atoms. The van der Waals surface area contributed by atoms with Crippen molar-refractivity contribution in [2.45, 2.75) is 13.8 Å². The van der Waals surface area contributed by atoms with Crippen LogP contribution in [-0.2, 0) is 0 Å². The van der Waals surface area contributed by atoms with Crippen molar-refractivity contribution in [2.24, 2.45) is 0 Å². The third-order valence-electron chi connectivity index (χ3n) is 3.78. The number of hydrogen-bond donors (Lipinski definition) is 3. The fraction of sp³-hybridized carbons (Fsp3) is 0.188. The summed E-state index contributed by atoms with van der Waals surface area (Å²) in [4.78, 5) is 16.3. The zero-order valence-electron chi connectivity index (χ0n) is 12.6. The molecule has 0 unspecified atom stereocenters. The molecule has 0 fully saturated rings. The molecule has 0 saturated heterocycles. The Morgan fingerprint density at radius 1 is 1.32 bits per heavy atom. The van der Waals surface area contributed by atoms with Gasteiger partial charge in [0.25, 0.3) is 5.91 Å². The zero-order chi connectivity index (χ0) is 15.9. The quantitative estimate of drug-likeness (QED) is 0.676. The first-order chi connectivity index (χ1) is 10.5. The van der Waals surface area contributed by atoms with Crippen LogP contribution in [0, 0.1) is 13.8 Å². The number of carbonyl (C=O) groups is 1. The molecule has 22 heavy (non-hydrogen) atoms. The second-order valence-corrected chi connectivity index (χ2v) is 5.17. The van der Waals surface area contributed by atoms with Crippen LogP contribution < -0.4 is 5.32 Å². The highest BCUT2D eigenvalue weighted by atomic mass is 16.3. The Balaban J connectivity index is 2.38. The first-order valence-corrected chi connectivity index (χ1v) is 6.88. The number of amides is 1. The Kier molecular flexibility index (Phi) is 3.29. The number of nitrogens with one attached hydrogen (secondary N) is 2. The van der Waals surface area contributed by atoms with E-state index in [0.29, 0.717) is 11.2 Å². The number of phenols is 1. The number of phenolic OH excluding ortho intramolecular Hbond substituents is 1. The van der Waals surface area contributed by atoms with Crippen molar-refractivity contribution in [3.05, 3.63) is 41.2 Å². The van der Waals surface area contributed by atoms with Crippen molar-refractivity contribution in [2.75, 3.05) is 7.05 Å². The van der Waals surface area contributed by atoms with E-state index in [9.17, 15) is 9.90 Å². The highest BCUT2D eigenvalue weighted by molar-refractivity contribution is 6.00. The molecule has 0 saturated carbocycles. The van der Waals surface area contributed by atoms with E-state index in [2.05, 4.69) is 20.5 Å². The SMILES string of the molecule is CNC(=O)c1cc(-c2c(C)ccc(O)c2C)c2[nH]ncc2n1. The molecule has 0 atom stereocenters. The molecule has 6 heteroatoms. The van der Waals surface area contributed by atoms with Crippen molar-refractivity contribution in [1.29, 1.82) is 0 Å². The summed E-state index contributed by atoms with van der Waals surface area (Å²) in [5, 5.41) is 19.5. The van der Waals surface area contributed by atoms with Gasteiger partial charge in [0.1, 0.15) is 17.0 Å². The smallest absolute Gasteiger partial charge is 0.269 e. The molecular weight excluding hydrogens is 280 g/mol. The molecule has 1 aromatic carbocycles. The standard InChI is InChI=1S/C16H16N4O2/c1-8-4-5-13(21)9(2)14(8)10-6-11(16(22)17-3)19-12-7-18-20-15(10)12/h4-7,21H,1-3H3,(H,17,22)(H,18,20). The lowest BCUT2D eigenvalue weighted by Crippen LogP contribution is -2.19. The Morgan fingerprint density at radius 3 is 2.82 bits per heavy atom. The van der Waals surface area contributed by atoms with E-state index in [0.717, 1.165) is 27.8 Å². The molecule has 0 aliphatic carbocycles. The van der Waals surface area contributed by atoms with Crippen LogP contribution in [0.25, 0.3) is 22.2 Å². The summed E-state index contributed by atoms with van der Waals surface area (Å²) in [6.07, 6.45) is 1.58. The number of fused-ring (bicyclic) bond motifs is 1. The Bertz CT molecular complexity index is 883. The van der Waals surface area contributed by atoms with Gasteiger partial charge >= 0.3 is 0 Å². The van der Waals surface area contributed by atoms with Gasteiger partial charge in [0.2, 0.25) is 0 Å². The Labute approximate surface area is 127 Å². The average Bonchev–Trinajstić information content (AvgIpc) is 2.99. The van der Waals surface area contributed by atoms with E-state index < -0.39 is 0 Å². The maximum atomic E-state index is 11.9. The lowest BCUT2D eigenvalue weighted by Gasteiger charge is -2.13. The second-order valence-electron chi connectivity index (χ2n) is 5.17. The highest BCUT2D eigenvalue weighted by Crippen LogP contribution is 2.35. The molecule has 1 amide bonds. The van der Waals surface area contributed by atoms with Crippen LogP contribution in [-0.4, -0.2) is 33.2 Å². The molecule has 0 radical (unpaired) electrons. The first kappa shape index (κ1) is 14.1. The molecular formula is C16H16N4O2. The third kappa shape index (κ3) is 2.09. The summed E-state index contributed by atoms with van der Waals surface area (Å²) in [6.45, 7) is 3.81. The Hall–Kier alpha value is -2.89. The molecule has 0 aliphatic rings. The van der Waals surface area contributed by atoms with E-state index in [1.807, 2.05) is 19.9 Å². The average molecular weight is 296 g/mol. The normalized spacial score (nSPS) is 10.9. The number of hydrogen-bond acceptors (Lipinski definition) is 4. The van der Waals surface area contributed by atoms with Crippen molar-refractivity contribution in [3.8, 4) is 16.9 Å². The summed E-state index contributed by atoms with van der Waals surface area (Å²) in [5.74, 6) is -0.0496. The molecule has 2 aromatic heterocycles. The number of aromatic nitrogens is 3. The molecule has 3 aromatic rings. The first-order valence-electron chi connectivity index (χ1n) is 6.88. The minimum absolute atomic E-state index is 0.214. The summed E-state index contributed by atoms with van der Waals surface area (Å²) >= 11 is 0. The minimum atomic E-state index is -0.264. The van der Waals surface area contributed by atoms with Crippen molar-refractivity contribution in [3.63, 3.8) is 0 Å². The number of H-pyrrole nitrogens is 1. The maximum Gasteiger partial charge on any atom is 0.269 e. The monoisotopic (exact) mass is 296 g/mol. The zero-order valence-corrected chi connectivity index (χ0v) is 12.6. The van der Waals surface area contributed by atoms with E-state index in [-0.39, 0.29) is 11.7 Å². The summed E-state index contributed by atoms with van der Waals surface area (Å²) < 4.78 is 0. The predicted octanol–water partition coefficient (Wildman–Crippen LogP) is 2.31. The highest BCUT2D eigenvalue weighted by Gasteiger charge is 2.17. The Morgan fingerprint density at radius 2 is 2.09 bits per heavy atom. The van der Waals surface area contributed by atoms with Crippen molar-refractivity contribution >= 4 is 16.9 Å². The van der Waals surface area contributed by atoms with Crippen LogP contribution in [0.4, 0.5) is 0 Å². The number of pyridine rings is 1. The van der Waals surface area contributed by atoms with Crippen LogP contribution in [0.2, 0.25) is 0 Å². The molecule has 0 aliphatic heterocycles. The van der Waals surface area contributed by atoms with Gasteiger partial charge in [-0.1, -0.05) is 6.07 Å². The fourth-order valence-electron chi connectivity index (χ4n) is 2.63. The fourth-order valence-corrected chi connectivity index (χ4v) is 2.63. The predicted molar refractivity (Wildman–Crippen MR) is 83.9 cm³/mol. The van der Waals surface area contributed by atoms with Gasteiger partial charge in [-0.15, -0.1) is 0 Å². The van der Waals surface area contributed by atoms with Gasteiger partial charge in [-0.2, -0.15) is 5.10 Å². The van der Waals surface area contributed by atoms with Gasteiger partial charge in [-0.05, 0) is 42.7 Å². The number of aromatic amines is 1. The number of aromatic hydroxyl groups is 1. The van der Waals surface area contributed by atoms with Crippen LogP contribution in [0.15, 0.2) is 24.4 Å². The van der Waals surface area contributed by atoms with Crippen LogP contribution in [0.3, 0.4) is 0 Å². The third-order valence-corrected chi connectivity index (χ3v) is 3.78. The molecule has 112 valence electrons. The van der Waals surface area contributed by atoms with Crippen LogP contribution in [0.5, 0.6) is 5.75 Å². The molecule has 0 bridgehead atoms. The number of nitrogens with zero attached hydrogens (tertiary/aromatic N) is 2. The number of rotatable bonds is 2. The van der Waals surface area contributed by atoms with E-state index in [4.69, 9.17) is 0 Å². The molecule has 2 heterocycles. The summed E-state index contributed by atoms with van der Waals surface area (Å²) in [6, 6.07) is 5.23. The minimum Gasteiger partial charge on any atom is -0.508 e. The van der Waals surface area contributed by atoms with Gasteiger partial charge < -0.3 is 10.4 Å². The number of carbonyl (C=O) groups excluding carboxylic acids is 1. The van der Waals surface area contributed by atoms with E-state index >= 15 is 0 Å². The molecule has 6 nitrogen and oxygen atoms in total. The summed E-state index contributed by atoms with van der Waals surface area (Å²) in [5.41, 5.74) is 5.09. The second kappa shape index (κ2) is 5.14. The molecule has 3 rings (SSSR count). The van der Waals surface area contributed by atoms with Crippen LogP contribution in [0.1, 0.15) is 21.6 Å². The maximum absolute atomic E-state index is 11.9. The number of aryl methyl sites for hydroxylation is 1. The van der Waals surface area contributed by atoms with Gasteiger partial charge in [-0.3, -0.25) is 9.89 Å². The topological polar surface area (TPSA) is 90.9 Å². The lowest BCUT2D eigenvalue weighted by molar-refractivity contribution is 0.0958. The number of benzene rings is 1. The van der Waals surface area contributed by atoms with E-state index in [1.165, 1.54) is 0 Å². The van der Waals surface area contributed by atoms with E-state index in [1.54, 1.807) is 25.4 Å². The van der Waals surface area contributed by atoms with Crippen molar-refractivity contribution < 1.29 is 9.90 Å². The van der Waals surface area contributed by atoms with Crippen LogP contribution >= 0.6 is 0 Å². The van der Waals surface area contributed by atoms with Gasteiger partial charge in [0, 0.05) is 12.6 Å².